The minimum absolute atomic E-state index is 0.0820. The quantitative estimate of drug-likeness (QED) is 0.370. The molecule has 2 nitrogen and oxygen atoms in total. The van der Waals surface area contributed by atoms with Crippen LogP contribution in [0.5, 0.6) is 0 Å². The molecule has 4 rings (SSSR count). The minimum Gasteiger partial charge on any atom is -0.393 e. The van der Waals surface area contributed by atoms with E-state index in [-0.39, 0.29) is 6.10 Å². The van der Waals surface area contributed by atoms with E-state index < -0.39 is 5.60 Å². The normalized spacial score (nSPS) is 45.1. The van der Waals surface area contributed by atoms with E-state index in [9.17, 15) is 10.2 Å². The second kappa shape index (κ2) is 8.65. The van der Waals surface area contributed by atoms with E-state index >= 15 is 0 Å². The summed E-state index contributed by atoms with van der Waals surface area (Å²) in [5.41, 5.74) is 1.77. The minimum atomic E-state index is -0.415. The average Bonchev–Trinajstić information content (AvgIpc) is 3.07. The number of unbranched alkanes of at least 4 members (excludes halogenated alkanes) is 1. The highest BCUT2D eigenvalue weighted by Crippen LogP contribution is 2.64. The zero-order valence-corrected chi connectivity index (χ0v) is 19.3. The second-order valence-corrected chi connectivity index (χ2v) is 11.5. The first-order valence-corrected chi connectivity index (χ1v) is 13.0. The van der Waals surface area contributed by atoms with Crippen LogP contribution in [0.2, 0.25) is 0 Å². The number of hydrogen-bond acceptors (Lipinski definition) is 2. The summed E-state index contributed by atoms with van der Waals surface area (Å²) in [4.78, 5) is 0. The van der Waals surface area contributed by atoms with Gasteiger partial charge in [0, 0.05) is 0 Å². The summed E-state index contributed by atoms with van der Waals surface area (Å²) in [6, 6.07) is 0. The van der Waals surface area contributed by atoms with Crippen LogP contribution < -0.4 is 0 Å². The first-order valence-electron chi connectivity index (χ1n) is 13.0. The van der Waals surface area contributed by atoms with E-state index in [2.05, 4.69) is 26.8 Å². The fourth-order valence-electron chi connectivity index (χ4n) is 8.22. The third-order valence-electron chi connectivity index (χ3n) is 10.3. The first-order chi connectivity index (χ1) is 13.9. The van der Waals surface area contributed by atoms with Gasteiger partial charge in [0.2, 0.25) is 0 Å². The third-order valence-corrected chi connectivity index (χ3v) is 10.3. The van der Waals surface area contributed by atoms with Crippen LogP contribution in [0.15, 0.2) is 11.6 Å². The van der Waals surface area contributed by atoms with Crippen molar-refractivity contribution in [2.24, 2.45) is 35.0 Å². The molecule has 0 spiro atoms. The van der Waals surface area contributed by atoms with Crippen molar-refractivity contribution in [2.45, 2.75) is 122 Å². The Morgan fingerprint density at radius 1 is 1.07 bits per heavy atom. The maximum atomic E-state index is 10.8. The summed E-state index contributed by atoms with van der Waals surface area (Å²) < 4.78 is 0. The Balaban J connectivity index is 1.39. The van der Waals surface area contributed by atoms with Crippen LogP contribution in [0, 0.1) is 35.0 Å². The van der Waals surface area contributed by atoms with Gasteiger partial charge < -0.3 is 10.2 Å². The van der Waals surface area contributed by atoms with Crippen molar-refractivity contribution in [3.63, 3.8) is 0 Å². The van der Waals surface area contributed by atoms with Gasteiger partial charge >= 0.3 is 0 Å². The van der Waals surface area contributed by atoms with Gasteiger partial charge in [-0.05, 0) is 112 Å². The van der Waals surface area contributed by atoms with E-state index in [0.717, 1.165) is 61.7 Å². The van der Waals surface area contributed by atoms with Gasteiger partial charge in [0.05, 0.1) is 11.7 Å². The smallest absolute Gasteiger partial charge is 0.0682 e. The zero-order valence-electron chi connectivity index (χ0n) is 19.3. The summed E-state index contributed by atoms with van der Waals surface area (Å²) in [6.07, 6.45) is 19.4. The molecule has 0 unspecified atom stereocenters. The van der Waals surface area contributed by atoms with Gasteiger partial charge in [-0.2, -0.15) is 0 Å². The van der Waals surface area contributed by atoms with Crippen molar-refractivity contribution >= 4 is 0 Å². The van der Waals surface area contributed by atoms with Crippen molar-refractivity contribution in [3.05, 3.63) is 11.6 Å². The Bertz CT molecular complexity index is 597. The molecule has 166 valence electrons. The van der Waals surface area contributed by atoms with Crippen LogP contribution in [-0.4, -0.2) is 21.9 Å². The number of fused-ring (bicyclic) bond motifs is 5. The standard InChI is InChI=1S/C27H46O2/c1-4-21(28)9-7-6-8-20-11-13-25-24-12-10-19-18-27(29,5-2)17-15-22(19)23(24)14-16-26(20,25)3/h10,20-25,28-29H,4-9,11-18H2,1-3H3/t20-,21-,22-,23+,24+,25-,26+,27-/m0/s1. The lowest BCUT2D eigenvalue weighted by Crippen LogP contribution is -2.47. The van der Waals surface area contributed by atoms with E-state index in [0.29, 0.717) is 5.41 Å². The monoisotopic (exact) mass is 402 g/mol. The third kappa shape index (κ3) is 4.10. The lowest BCUT2D eigenvalue weighted by atomic mass is 9.51. The van der Waals surface area contributed by atoms with Gasteiger partial charge in [-0.15, -0.1) is 0 Å². The van der Waals surface area contributed by atoms with E-state index in [4.69, 9.17) is 0 Å². The molecule has 2 N–H and O–H groups in total. The highest BCUT2D eigenvalue weighted by molar-refractivity contribution is 5.21. The average molecular weight is 403 g/mol. The molecule has 0 heterocycles. The molecule has 0 aromatic heterocycles. The molecule has 4 aliphatic carbocycles. The number of aliphatic hydroxyl groups excluding tert-OH is 1. The van der Waals surface area contributed by atoms with Crippen molar-refractivity contribution in [3.8, 4) is 0 Å². The predicted octanol–water partition coefficient (Wildman–Crippen LogP) is 6.65. The number of aliphatic hydroxyl groups is 2. The molecular formula is C27H46O2. The molecule has 0 saturated heterocycles. The van der Waals surface area contributed by atoms with E-state index in [1.165, 1.54) is 57.8 Å². The molecule has 0 aromatic carbocycles. The van der Waals surface area contributed by atoms with Crippen LogP contribution in [0.4, 0.5) is 0 Å². The summed E-state index contributed by atoms with van der Waals surface area (Å²) in [6.45, 7) is 6.88. The van der Waals surface area contributed by atoms with E-state index in [1.807, 2.05) is 0 Å². The largest absolute Gasteiger partial charge is 0.393 e. The van der Waals surface area contributed by atoms with Gasteiger partial charge in [-0.25, -0.2) is 0 Å². The van der Waals surface area contributed by atoms with Gasteiger partial charge in [0.15, 0.2) is 0 Å². The highest BCUT2D eigenvalue weighted by atomic mass is 16.3. The molecule has 2 heteroatoms. The molecule has 0 bridgehead atoms. The fourth-order valence-corrected chi connectivity index (χ4v) is 8.22. The summed E-state index contributed by atoms with van der Waals surface area (Å²) in [5.74, 6) is 4.42. The fraction of sp³-hybridized carbons (Fsp3) is 0.926. The summed E-state index contributed by atoms with van der Waals surface area (Å²) in [7, 11) is 0. The molecule has 0 aromatic rings. The van der Waals surface area contributed by atoms with Crippen LogP contribution in [0.25, 0.3) is 0 Å². The SMILES string of the molecule is CC[C@H](O)CCCC[C@H]1CC[C@H]2[C@@H]3CC=C4C[C@](O)(CC)CC[C@@H]4[C@H]3CC[C@]12C. The second-order valence-electron chi connectivity index (χ2n) is 11.5. The van der Waals surface area contributed by atoms with E-state index in [1.54, 1.807) is 5.57 Å². The Hall–Kier alpha value is -0.340. The molecule has 3 fully saturated rings. The van der Waals surface area contributed by atoms with Gasteiger partial charge in [-0.1, -0.05) is 45.3 Å². The number of hydrogen-bond donors (Lipinski definition) is 2. The number of allylic oxidation sites excluding steroid dienone is 1. The molecule has 0 aliphatic heterocycles. The summed E-state index contributed by atoms with van der Waals surface area (Å²) in [5, 5.41) is 20.7. The lowest BCUT2D eigenvalue weighted by Gasteiger charge is -2.54. The molecule has 0 radical (unpaired) electrons. The maximum Gasteiger partial charge on any atom is 0.0682 e. The zero-order chi connectivity index (χ0) is 20.6. The molecule has 3 saturated carbocycles. The van der Waals surface area contributed by atoms with Crippen molar-refractivity contribution in [2.75, 3.05) is 0 Å². The van der Waals surface area contributed by atoms with Gasteiger partial charge in [-0.3, -0.25) is 0 Å². The predicted molar refractivity (Wildman–Crippen MR) is 121 cm³/mol. The molecule has 4 aliphatic rings. The lowest BCUT2D eigenvalue weighted by molar-refractivity contribution is -0.0407. The highest BCUT2D eigenvalue weighted by Gasteiger charge is 2.55. The van der Waals surface area contributed by atoms with Crippen molar-refractivity contribution in [1.29, 1.82) is 0 Å². The molecule has 29 heavy (non-hydrogen) atoms. The topological polar surface area (TPSA) is 40.5 Å². The first kappa shape index (κ1) is 21.9. The molecule has 8 atom stereocenters. The molecular weight excluding hydrogens is 356 g/mol. The van der Waals surface area contributed by atoms with Gasteiger partial charge in [0.1, 0.15) is 0 Å². The molecule has 0 amide bonds. The van der Waals surface area contributed by atoms with Crippen LogP contribution >= 0.6 is 0 Å². The van der Waals surface area contributed by atoms with Gasteiger partial charge in [0.25, 0.3) is 0 Å². The Morgan fingerprint density at radius 3 is 2.66 bits per heavy atom. The van der Waals surface area contributed by atoms with Crippen molar-refractivity contribution < 1.29 is 10.2 Å². The maximum absolute atomic E-state index is 10.8. The Kier molecular flexibility index (Phi) is 6.53. The van der Waals surface area contributed by atoms with Crippen LogP contribution in [0.3, 0.4) is 0 Å². The number of rotatable bonds is 7. The Morgan fingerprint density at radius 2 is 1.90 bits per heavy atom. The van der Waals surface area contributed by atoms with Crippen LogP contribution in [0.1, 0.15) is 111 Å². The summed E-state index contributed by atoms with van der Waals surface area (Å²) >= 11 is 0. The Labute approximate surface area is 179 Å². The van der Waals surface area contributed by atoms with Crippen LogP contribution in [-0.2, 0) is 0 Å². The van der Waals surface area contributed by atoms with Crippen molar-refractivity contribution in [1.82, 2.24) is 0 Å².